The van der Waals surface area contributed by atoms with Crippen molar-refractivity contribution in [2.75, 3.05) is 14.2 Å². The van der Waals surface area contributed by atoms with Crippen LogP contribution < -0.4 is 10.1 Å². The maximum absolute atomic E-state index is 5.31. The number of rotatable bonds is 4. The minimum absolute atomic E-state index is 0.0245. The molecule has 0 saturated carbocycles. The van der Waals surface area contributed by atoms with E-state index in [1.54, 1.807) is 19.5 Å². The highest BCUT2D eigenvalue weighted by Gasteiger charge is 2.20. The Morgan fingerprint density at radius 2 is 1.89 bits per heavy atom. The van der Waals surface area contributed by atoms with Crippen molar-refractivity contribution >= 4 is 0 Å². The van der Waals surface area contributed by atoms with Gasteiger partial charge in [-0.05, 0) is 32.0 Å². The van der Waals surface area contributed by atoms with Gasteiger partial charge in [0.25, 0.3) is 0 Å². The van der Waals surface area contributed by atoms with Crippen molar-refractivity contribution in [2.24, 2.45) is 0 Å². The first kappa shape index (κ1) is 13.5. The van der Waals surface area contributed by atoms with Crippen molar-refractivity contribution in [3.8, 4) is 5.88 Å². The number of nitrogens with zero attached hydrogens (tertiary/aromatic N) is 2. The van der Waals surface area contributed by atoms with Crippen LogP contribution >= 0.6 is 0 Å². The van der Waals surface area contributed by atoms with E-state index in [2.05, 4.69) is 47.3 Å². The predicted molar refractivity (Wildman–Crippen MR) is 75.4 cm³/mol. The summed E-state index contributed by atoms with van der Waals surface area (Å²) in [6.07, 6.45) is 3.32. The molecule has 1 unspecified atom stereocenters. The molecule has 2 aromatic rings. The molecule has 0 saturated heterocycles. The minimum Gasteiger partial charge on any atom is -0.480 e. The summed E-state index contributed by atoms with van der Waals surface area (Å²) in [6.45, 7) is 4.19. The van der Waals surface area contributed by atoms with Gasteiger partial charge < -0.3 is 10.1 Å². The van der Waals surface area contributed by atoms with E-state index >= 15 is 0 Å². The summed E-state index contributed by atoms with van der Waals surface area (Å²) in [6, 6.07) is 6.38. The lowest BCUT2D eigenvalue weighted by Crippen LogP contribution is -2.21. The second-order valence-corrected chi connectivity index (χ2v) is 4.53. The molecule has 0 fully saturated rings. The van der Waals surface area contributed by atoms with E-state index < -0.39 is 0 Å². The molecule has 1 atom stereocenters. The van der Waals surface area contributed by atoms with Gasteiger partial charge >= 0.3 is 0 Å². The molecule has 1 N–H and O–H groups in total. The molecule has 1 aromatic heterocycles. The van der Waals surface area contributed by atoms with Crippen molar-refractivity contribution in [3.05, 3.63) is 53.0 Å². The Hall–Kier alpha value is -1.94. The van der Waals surface area contributed by atoms with Gasteiger partial charge in [0.2, 0.25) is 5.88 Å². The van der Waals surface area contributed by atoms with Gasteiger partial charge in [-0.2, -0.15) is 0 Å². The normalized spacial score (nSPS) is 12.2. The summed E-state index contributed by atoms with van der Waals surface area (Å²) in [7, 11) is 3.53. The smallest absolute Gasteiger partial charge is 0.237 e. The molecule has 0 aliphatic heterocycles. The monoisotopic (exact) mass is 257 g/mol. The second-order valence-electron chi connectivity index (χ2n) is 4.53. The highest BCUT2D eigenvalue weighted by molar-refractivity contribution is 5.39. The van der Waals surface area contributed by atoms with Gasteiger partial charge in [0.1, 0.15) is 5.69 Å². The fourth-order valence-corrected chi connectivity index (χ4v) is 2.20. The number of benzene rings is 1. The molecule has 100 valence electrons. The first-order chi connectivity index (χ1) is 9.17. The van der Waals surface area contributed by atoms with Gasteiger partial charge in [-0.3, -0.25) is 4.98 Å². The lowest BCUT2D eigenvalue weighted by Gasteiger charge is -2.20. The third-order valence-electron chi connectivity index (χ3n) is 3.19. The summed E-state index contributed by atoms with van der Waals surface area (Å²) < 4.78 is 5.31. The lowest BCUT2D eigenvalue weighted by atomic mass is 9.97. The number of methoxy groups -OCH3 is 1. The van der Waals surface area contributed by atoms with Crippen LogP contribution in [-0.2, 0) is 0 Å². The van der Waals surface area contributed by atoms with E-state index in [1.165, 1.54) is 16.7 Å². The lowest BCUT2D eigenvalue weighted by molar-refractivity contribution is 0.384. The Morgan fingerprint density at radius 3 is 2.58 bits per heavy atom. The first-order valence-electron chi connectivity index (χ1n) is 6.26. The van der Waals surface area contributed by atoms with E-state index in [-0.39, 0.29) is 6.04 Å². The third kappa shape index (κ3) is 2.74. The second kappa shape index (κ2) is 5.80. The van der Waals surface area contributed by atoms with E-state index in [9.17, 15) is 0 Å². The molecule has 4 heteroatoms. The molecule has 19 heavy (non-hydrogen) atoms. The topological polar surface area (TPSA) is 47.0 Å². The Kier molecular flexibility index (Phi) is 4.12. The SMILES string of the molecule is CNC(c1cc(C)ccc1C)c1nccnc1OC. The number of aromatic nitrogens is 2. The Labute approximate surface area is 113 Å². The molecule has 0 amide bonds. The quantitative estimate of drug-likeness (QED) is 0.913. The van der Waals surface area contributed by atoms with Gasteiger partial charge in [-0.25, -0.2) is 4.98 Å². The third-order valence-corrected chi connectivity index (χ3v) is 3.19. The molecule has 0 aliphatic rings. The molecule has 0 radical (unpaired) electrons. The predicted octanol–water partition coefficient (Wildman–Crippen LogP) is 2.41. The van der Waals surface area contributed by atoms with Crippen molar-refractivity contribution in [3.63, 3.8) is 0 Å². The zero-order valence-corrected chi connectivity index (χ0v) is 11.8. The number of aryl methyl sites for hydroxylation is 2. The molecule has 1 aromatic carbocycles. The van der Waals surface area contributed by atoms with Gasteiger partial charge in [0.15, 0.2) is 0 Å². The molecule has 1 heterocycles. The van der Waals surface area contributed by atoms with Crippen molar-refractivity contribution < 1.29 is 4.74 Å². The van der Waals surface area contributed by atoms with Gasteiger partial charge in [0.05, 0.1) is 13.2 Å². The minimum atomic E-state index is -0.0245. The van der Waals surface area contributed by atoms with Crippen molar-refractivity contribution in [2.45, 2.75) is 19.9 Å². The van der Waals surface area contributed by atoms with Crippen molar-refractivity contribution in [1.82, 2.24) is 15.3 Å². The summed E-state index contributed by atoms with van der Waals surface area (Å²) in [4.78, 5) is 8.64. The molecule has 4 nitrogen and oxygen atoms in total. The maximum atomic E-state index is 5.31. The first-order valence-corrected chi connectivity index (χ1v) is 6.26. The summed E-state index contributed by atoms with van der Waals surface area (Å²) in [5.41, 5.74) is 4.45. The van der Waals surface area contributed by atoms with Crippen molar-refractivity contribution in [1.29, 1.82) is 0 Å². The van der Waals surface area contributed by atoms with Crippen LogP contribution in [0.25, 0.3) is 0 Å². The van der Waals surface area contributed by atoms with Gasteiger partial charge in [-0.1, -0.05) is 23.8 Å². The fraction of sp³-hybridized carbons (Fsp3) is 0.333. The standard InChI is InChI=1S/C15H19N3O/c1-10-5-6-11(2)12(9-10)13(16-3)14-15(19-4)18-8-7-17-14/h5-9,13,16H,1-4H3. The molecule has 2 rings (SSSR count). The van der Waals surface area contributed by atoms with Gasteiger partial charge in [-0.15, -0.1) is 0 Å². The van der Waals surface area contributed by atoms with Crippen LogP contribution in [0.5, 0.6) is 5.88 Å². The maximum Gasteiger partial charge on any atom is 0.237 e. The Balaban J connectivity index is 2.53. The van der Waals surface area contributed by atoms with E-state index in [0.717, 1.165) is 5.69 Å². The van der Waals surface area contributed by atoms with Gasteiger partial charge in [0, 0.05) is 12.4 Å². The van der Waals surface area contributed by atoms with Crippen LogP contribution in [0.3, 0.4) is 0 Å². The highest BCUT2D eigenvalue weighted by atomic mass is 16.5. The molecular formula is C15H19N3O. The van der Waals surface area contributed by atoms with E-state index in [1.807, 2.05) is 7.05 Å². The number of hydrogen-bond donors (Lipinski definition) is 1. The molecular weight excluding hydrogens is 238 g/mol. The average molecular weight is 257 g/mol. The summed E-state index contributed by atoms with van der Waals surface area (Å²) in [5.74, 6) is 0.558. The molecule has 0 spiro atoms. The fourth-order valence-electron chi connectivity index (χ4n) is 2.20. The van der Waals surface area contributed by atoms with Crippen LogP contribution in [-0.4, -0.2) is 24.1 Å². The Morgan fingerprint density at radius 1 is 1.16 bits per heavy atom. The number of nitrogens with one attached hydrogen (secondary N) is 1. The van der Waals surface area contributed by atoms with Crippen LogP contribution in [0, 0.1) is 13.8 Å². The van der Waals surface area contributed by atoms with Crippen LogP contribution in [0.1, 0.15) is 28.4 Å². The molecule has 0 bridgehead atoms. The zero-order chi connectivity index (χ0) is 13.8. The van der Waals surface area contributed by atoms with E-state index in [0.29, 0.717) is 5.88 Å². The molecule has 0 aliphatic carbocycles. The summed E-state index contributed by atoms with van der Waals surface area (Å²) >= 11 is 0. The zero-order valence-electron chi connectivity index (χ0n) is 11.8. The Bertz CT molecular complexity index is 569. The summed E-state index contributed by atoms with van der Waals surface area (Å²) in [5, 5.41) is 3.29. The van der Waals surface area contributed by atoms with Crippen LogP contribution in [0.2, 0.25) is 0 Å². The van der Waals surface area contributed by atoms with Crippen LogP contribution in [0.4, 0.5) is 0 Å². The number of hydrogen-bond acceptors (Lipinski definition) is 4. The van der Waals surface area contributed by atoms with E-state index in [4.69, 9.17) is 4.74 Å². The largest absolute Gasteiger partial charge is 0.480 e. The average Bonchev–Trinajstić information content (AvgIpc) is 2.44. The number of ether oxygens (including phenoxy) is 1. The van der Waals surface area contributed by atoms with Crippen LogP contribution in [0.15, 0.2) is 30.6 Å². The highest BCUT2D eigenvalue weighted by Crippen LogP contribution is 2.28.